The first-order valence-corrected chi connectivity index (χ1v) is 6.11. The third kappa shape index (κ3) is 2.65. The smallest absolute Gasteiger partial charge is 0.251 e. The SMILES string of the molecule is CCC1(CNC(=O)c2ccc(F)cc2C)CC1. The number of aryl methyl sites for hydroxylation is 1. The molecule has 0 atom stereocenters. The van der Waals surface area contributed by atoms with Crippen LogP contribution in [0.2, 0.25) is 0 Å². The third-order valence-electron chi connectivity index (χ3n) is 3.76. The number of hydrogen-bond donors (Lipinski definition) is 1. The Labute approximate surface area is 101 Å². The van der Waals surface area contributed by atoms with Crippen LogP contribution < -0.4 is 5.32 Å². The van der Waals surface area contributed by atoms with Crippen LogP contribution >= 0.6 is 0 Å². The quantitative estimate of drug-likeness (QED) is 0.853. The molecule has 1 aromatic rings. The van der Waals surface area contributed by atoms with Crippen LogP contribution in [-0.4, -0.2) is 12.5 Å². The van der Waals surface area contributed by atoms with Crippen molar-refractivity contribution in [1.29, 1.82) is 0 Å². The molecular weight excluding hydrogens is 217 g/mol. The van der Waals surface area contributed by atoms with Gasteiger partial charge in [0.1, 0.15) is 5.82 Å². The van der Waals surface area contributed by atoms with Crippen molar-refractivity contribution in [1.82, 2.24) is 5.32 Å². The van der Waals surface area contributed by atoms with Crippen molar-refractivity contribution in [2.75, 3.05) is 6.54 Å². The maximum Gasteiger partial charge on any atom is 0.251 e. The molecule has 2 nitrogen and oxygen atoms in total. The summed E-state index contributed by atoms with van der Waals surface area (Å²) in [6.45, 7) is 4.64. The van der Waals surface area contributed by atoms with Gasteiger partial charge >= 0.3 is 0 Å². The molecular formula is C14H18FNO. The van der Waals surface area contributed by atoms with E-state index in [-0.39, 0.29) is 11.7 Å². The molecule has 1 fully saturated rings. The molecule has 0 spiro atoms. The summed E-state index contributed by atoms with van der Waals surface area (Å²) in [4.78, 5) is 11.9. The van der Waals surface area contributed by atoms with Gasteiger partial charge in [-0.3, -0.25) is 4.79 Å². The summed E-state index contributed by atoms with van der Waals surface area (Å²) in [5, 5.41) is 2.95. The lowest BCUT2D eigenvalue weighted by molar-refractivity contribution is 0.0943. The van der Waals surface area contributed by atoms with E-state index in [2.05, 4.69) is 12.2 Å². The highest BCUT2D eigenvalue weighted by molar-refractivity contribution is 5.95. The van der Waals surface area contributed by atoms with E-state index < -0.39 is 0 Å². The molecule has 0 aromatic heterocycles. The van der Waals surface area contributed by atoms with E-state index >= 15 is 0 Å². The van der Waals surface area contributed by atoms with Crippen LogP contribution in [0.4, 0.5) is 4.39 Å². The molecule has 1 N–H and O–H groups in total. The predicted octanol–water partition coefficient (Wildman–Crippen LogP) is 3.05. The molecule has 3 heteroatoms. The van der Waals surface area contributed by atoms with Gasteiger partial charge in [-0.25, -0.2) is 4.39 Å². The number of benzene rings is 1. The number of carbonyl (C=O) groups is 1. The summed E-state index contributed by atoms with van der Waals surface area (Å²) in [7, 11) is 0. The fourth-order valence-corrected chi connectivity index (χ4v) is 2.08. The molecule has 0 saturated heterocycles. The van der Waals surface area contributed by atoms with Crippen molar-refractivity contribution in [2.45, 2.75) is 33.1 Å². The zero-order valence-corrected chi connectivity index (χ0v) is 10.3. The van der Waals surface area contributed by atoms with Gasteiger partial charge in [-0.05, 0) is 55.4 Å². The number of nitrogens with one attached hydrogen (secondary N) is 1. The lowest BCUT2D eigenvalue weighted by Gasteiger charge is -2.14. The molecule has 1 saturated carbocycles. The van der Waals surface area contributed by atoms with Crippen LogP contribution in [0.25, 0.3) is 0 Å². The van der Waals surface area contributed by atoms with E-state index in [1.165, 1.54) is 25.0 Å². The van der Waals surface area contributed by atoms with Gasteiger partial charge in [0.25, 0.3) is 5.91 Å². The Morgan fingerprint density at radius 2 is 2.18 bits per heavy atom. The fraction of sp³-hybridized carbons (Fsp3) is 0.500. The molecule has 0 aliphatic heterocycles. The highest BCUT2D eigenvalue weighted by Crippen LogP contribution is 2.47. The second-order valence-corrected chi connectivity index (χ2v) is 5.00. The van der Waals surface area contributed by atoms with Crippen molar-refractivity contribution >= 4 is 5.91 Å². The molecule has 0 heterocycles. The molecule has 1 aliphatic rings. The summed E-state index contributed by atoms with van der Waals surface area (Å²) in [6.07, 6.45) is 3.51. The third-order valence-corrected chi connectivity index (χ3v) is 3.76. The molecule has 1 amide bonds. The molecule has 92 valence electrons. The average molecular weight is 235 g/mol. The van der Waals surface area contributed by atoms with Crippen LogP contribution in [0.1, 0.15) is 42.1 Å². The molecule has 17 heavy (non-hydrogen) atoms. The highest BCUT2D eigenvalue weighted by Gasteiger charge is 2.40. The average Bonchev–Trinajstić information content (AvgIpc) is 3.07. The number of hydrogen-bond acceptors (Lipinski definition) is 1. The Morgan fingerprint density at radius 3 is 2.71 bits per heavy atom. The molecule has 0 bridgehead atoms. The Morgan fingerprint density at radius 1 is 1.47 bits per heavy atom. The van der Waals surface area contributed by atoms with Crippen LogP contribution in [0.15, 0.2) is 18.2 Å². The second kappa shape index (κ2) is 4.47. The Balaban J connectivity index is 2.00. The number of amides is 1. The Hall–Kier alpha value is -1.38. The van der Waals surface area contributed by atoms with Gasteiger partial charge in [-0.15, -0.1) is 0 Å². The normalized spacial score (nSPS) is 16.6. The lowest BCUT2D eigenvalue weighted by Crippen LogP contribution is -2.30. The summed E-state index contributed by atoms with van der Waals surface area (Å²) < 4.78 is 12.9. The molecule has 1 aliphatic carbocycles. The van der Waals surface area contributed by atoms with E-state index in [1.807, 2.05) is 0 Å². The van der Waals surface area contributed by atoms with Crippen molar-refractivity contribution in [3.63, 3.8) is 0 Å². The predicted molar refractivity (Wildman–Crippen MR) is 65.4 cm³/mol. The minimum absolute atomic E-state index is 0.0952. The van der Waals surface area contributed by atoms with Gasteiger partial charge in [-0.2, -0.15) is 0 Å². The zero-order chi connectivity index (χ0) is 12.5. The lowest BCUT2D eigenvalue weighted by atomic mass is 10.0. The van der Waals surface area contributed by atoms with Crippen molar-refractivity contribution < 1.29 is 9.18 Å². The molecule has 1 aromatic carbocycles. The van der Waals surface area contributed by atoms with Gasteiger partial charge in [0, 0.05) is 12.1 Å². The molecule has 0 unspecified atom stereocenters. The number of halogens is 1. The minimum Gasteiger partial charge on any atom is -0.351 e. The van der Waals surface area contributed by atoms with Gasteiger partial charge in [0.15, 0.2) is 0 Å². The highest BCUT2D eigenvalue weighted by atomic mass is 19.1. The van der Waals surface area contributed by atoms with E-state index in [0.29, 0.717) is 16.5 Å². The standard InChI is InChI=1S/C14H18FNO/c1-3-14(6-7-14)9-16-13(17)12-5-4-11(15)8-10(12)2/h4-5,8H,3,6-7,9H2,1-2H3,(H,16,17). The molecule has 0 radical (unpaired) electrons. The van der Waals surface area contributed by atoms with Crippen molar-refractivity contribution in [3.05, 3.63) is 35.1 Å². The summed E-state index contributed by atoms with van der Waals surface area (Å²) in [6, 6.07) is 4.27. The summed E-state index contributed by atoms with van der Waals surface area (Å²) in [5.74, 6) is -0.395. The summed E-state index contributed by atoms with van der Waals surface area (Å²) >= 11 is 0. The number of rotatable bonds is 4. The number of carbonyl (C=O) groups excluding carboxylic acids is 1. The van der Waals surface area contributed by atoms with E-state index in [0.717, 1.165) is 13.0 Å². The van der Waals surface area contributed by atoms with E-state index in [1.54, 1.807) is 13.0 Å². The van der Waals surface area contributed by atoms with Gasteiger partial charge in [0.05, 0.1) is 0 Å². The maximum atomic E-state index is 12.9. The van der Waals surface area contributed by atoms with Crippen LogP contribution in [0.5, 0.6) is 0 Å². The first kappa shape index (κ1) is 12.1. The first-order valence-electron chi connectivity index (χ1n) is 6.11. The largest absolute Gasteiger partial charge is 0.351 e. The van der Waals surface area contributed by atoms with Gasteiger partial charge in [0.2, 0.25) is 0 Å². The Bertz CT molecular complexity index is 438. The first-order chi connectivity index (χ1) is 8.06. The van der Waals surface area contributed by atoms with E-state index in [4.69, 9.17) is 0 Å². The second-order valence-electron chi connectivity index (χ2n) is 5.00. The van der Waals surface area contributed by atoms with Gasteiger partial charge < -0.3 is 5.32 Å². The molecule has 2 rings (SSSR count). The van der Waals surface area contributed by atoms with Crippen molar-refractivity contribution in [3.8, 4) is 0 Å². The van der Waals surface area contributed by atoms with Crippen molar-refractivity contribution in [2.24, 2.45) is 5.41 Å². The minimum atomic E-state index is -0.300. The van der Waals surface area contributed by atoms with Gasteiger partial charge in [-0.1, -0.05) is 6.92 Å². The monoisotopic (exact) mass is 235 g/mol. The Kier molecular flexibility index (Phi) is 3.18. The zero-order valence-electron chi connectivity index (χ0n) is 10.3. The van der Waals surface area contributed by atoms with Crippen LogP contribution in [-0.2, 0) is 0 Å². The summed E-state index contributed by atoms with van der Waals surface area (Å²) in [5.41, 5.74) is 1.59. The fourth-order valence-electron chi connectivity index (χ4n) is 2.08. The van der Waals surface area contributed by atoms with Crippen LogP contribution in [0.3, 0.4) is 0 Å². The topological polar surface area (TPSA) is 29.1 Å². The van der Waals surface area contributed by atoms with E-state index in [9.17, 15) is 9.18 Å². The van der Waals surface area contributed by atoms with Crippen LogP contribution in [0, 0.1) is 18.2 Å². The maximum absolute atomic E-state index is 12.9.